The zero-order valence-electron chi connectivity index (χ0n) is 18.0. The first kappa shape index (κ1) is 23.6. The van der Waals surface area contributed by atoms with Crippen LogP contribution in [-0.2, 0) is 28.7 Å². The molecule has 9 heteroatoms. The Hall–Kier alpha value is -2.59. The van der Waals surface area contributed by atoms with E-state index in [0.29, 0.717) is 34.8 Å². The van der Waals surface area contributed by atoms with Crippen molar-refractivity contribution in [2.45, 2.75) is 33.7 Å². The average molecular weight is 498 g/mol. The summed E-state index contributed by atoms with van der Waals surface area (Å²) >= 11 is 3.23. The van der Waals surface area contributed by atoms with Gasteiger partial charge in [-0.25, -0.2) is 18.5 Å². The number of fused-ring (bicyclic) bond motifs is 1. The van der Waals surface area contributed by atoms with Crippen LogP contribution < -0.4 is 10.7 Å². The van der Waals surface area contributed by atoms with Crippen molar-refractivity contribution in [2.24, 2.45) is 5.14 Å². The third-order valence-electron chi connectivity index (χ3n) is 5.23. The summed E-state index contributed by atoms with van der Waals surface area (Å²) in [5.74, 6) is 0.697. The van der Waals surface area contributed by atoms with Crippen molar-refractivity contribution in [1.29, 1.82) is 0 Å². The van der Waals surface area contributed by atoms with Crippen LogP contribution in [0.4, 0.5) is 0 Å². The van der Waals surface area contributed by atoms with E-state index in [9.17, 15) is 13.2 Å². The van der Waals surface area contributed by atoms with Crippen molar-refractivity contribution < 1.29 is 8.42 Å². The van der Waals surface area contributed by atoms with Crippen LogP contribution in [-0.4, -0.2) is 24.2 Å². The molecule has 0 aliphatic carbocycles. The van der Waals surface area contributed by atoms with Crippen molar-refractivity contribution in [2.75, 3.05) is 6.26 Å². The molecule has 33 heavy (non-hydrogen) atoms. The molecule has 3 aromatic carbocycles. The van der Waals surface area contributed by atoms with Gasteiger partial charge in [0.1, 0.15) is 0 Å². The van der Waals surface area contributed by atoms with Crippen LogP contribution in [0, 0.1) is 0 Å². The molecule has 2 N–H and O–H groups in total. The molecule has 170 valence electrons. The minimum absolute atomic E-state index is 0.0690. The van der Waals surface area contributed by atoms with Crippen molar-refractivity contribution in [1.82, 2.24) is 9.55 Å². The molecule has 0 atom stereocenters. The molecular formula is C24H23N3O3S3. The molecule has 0 unspecified atom stereocenters. The molecule has 0 saturated heterocycles. The van der Waals surface area contributed by atoms with Gasteiger partial charge >= 0.3 is 0 Å². The van der Waals surface area contributed by atoms with E-state index < -0.39 is 10.0 Å². The van der Waals surface area contributed by atoms with E-state index in [1.165, 1.54) is 28.8 Å². The van der Waals surface area contributed by atoms with Crippen molar-refractivity contribution >= 4 is 44.4 Å². The van der Waals surface area contributed by atoms with Gasteiger partial charge in [0.05, 0.1) is 15.8 Å². The third-order valence-corrected chi connectivity index (χ3v) is 7.95. The molecule has 0 amide bonds. The number of sulfonamides is 1. The normalized spacial score (nSPS) is 11.7. The number of rotatable bonds is 8. The summed E-state index contributed by atoms with van der Waals surface area (Å²) in [4.78, 5) is 19.3. The van der Waals surface area contributed by atoms with Gasteiger partial charge in [0.15, 0.2) is 5.16 Å². The number of primary sulfonamides is 1. The second-order valence-corrected chi connectivity index (χ2v) is 10.8. The monoisotopic (exact) mass is 497 g/mol. The number of benzene rings is 3. The summed E-state index contributed by atoms with van der Waals surface area (Å²) in [5, 5.41) is 6.42. The Kier molecular flexibility index (Phi) is 7.23. The van der Waals surface area contributed by atoms with Gasteiger partial charge in [-0.3, -0.25) is 9.36 Å². The highest BCUT2D eigenvalue weighted by molar-refractivity contribution is 7.98. The quantitative estimate of drug-likeness (QED) is 0.288. The van der Waals surface area contributed by atoms with Crippen LogP contribution in [0.5, 0.6) is 0 Å². The highest BCUT2D eigenvalue weighted by atomic mass is 32.2. The van der Waals surface area contributed by atoms with Gasteiger partial charge in [0.25, 0.3) is 5.56 Å². The second kappa shape index (κ2) is 10.1. The van der Waals surface area contributed by atoms with E-state index in [1.807, 2.05) is 24.5 Å². The fraction of sp³-hybridized carbons (Fsp3) is 0.167. The van der Waals surface area contributed by atoms with Crippen LogP contribution in [0.2, 0.25) is 0 Å². The van der Waals surface area contributed by atoms with Crippen LogP contribution in [0.3, 0.4) is 0 Å². The molecule has 4 rings (SSSR count). The largest absolute Gasteiger partial charge is 0.287 e. The fourth-order valence-electron chi connectivity index (χ4n) is 3.41. The summed E-state index contributed by atoms with van der Waals surface area (Å²) in [6.45, 7) is 0.430. The van der Waals surface area contributed by atoms with E-state index in [0.717, 1.165) is 11.1 Å². The lowest BCUT2D eigenvalue weighted by atomic mass is 10.1. The molecular weight excluding hydrogens is 474 g/mol. The molecule has 1 aromatic heterocycles. The zero-order chi connectivity index (χ0) is 23.4. The number of aryl methyl sites for hydroxylation is 1. The average Bonchev–Trinajstić information content (AvgIpc) is 2.82. The predicted molar refractivity (Wildman–Crippen MR) is 135 cm³/mol. The van der Waals surface area contributed by atoms with E-state index in [2.05, 4.69) is 24.3 Å². The van der Waals surface area contributed by atoms with Crippen LogP contribution >= 0.6 is 23.5 Å². The maximum atomic E-state index is 13.3. The Morgan fingerprint density at radius 3 is 2.27 bits per heavy atom. The van der Waals surface area contributed by atoms with Crippen molar-refractivity contribution in [3.63, 3.8) is 0 Å². The lowest BCUT2D eigenvalue weighted by Gasteiger charge is -2.13. The molecule has 6 nitrogen and oxygen atoms in total. The van der Waals surface area contributed by atoms with Gasteiger partial charge < -0.3 is 0 Å². The number of para-hydroxylation sites is 1. The lowest BCUT2D eigenvalue weighted by molar-refractivity contribution is 0.594. The molecule has 0 aliphatic rings. The Balaban J connectivity index is 1.61. The Bertz CT molecular complexity index is 1430. The minimum Gasteiger partial charge on any atom is -0.287 e. The number of aromatic nitrogens is 2. The van der Waals surface area contributed by atoms with Gasteiger partial charge in [0, 0.05) is 17.2 Å². The molecule has 4 aromatic rings. The molecule has 0 saturated carbocycles. The highest BCUT2D eigenvalue weighted by Crippen LogP contribution is 2.24. The first-order valence-corrected chi connectivity index (χ1v) is 14.0. The van der Waals surface area contributed by atoms with E-state index in [1.54, 1.807) is 34.5 Å². The summed E-state index contributed by atoms with van der Waals surface area (Å²) in [7, 11) is -3.73. The smallest absolute Gasteiger partial charge is 0.262 e. The Morgan fingerprint density at radius 1 is 0.939 bits per heavy atom. The van der Waals surface area contributed by atoms with Gasteiger partial charge in [-0.05, 0) is 60.2 Å². The highest BCUT2D eigenvalue weighted by Gasteiger charge is 2.13. The van der Waals surface area contributed by atoms with Gasteiger partial charge in [0.2, 0.25) is 10.0 Å². The second-order valence-electron chi connectivity index (χ2n) is 7.44. The number of hydrogen-bond acceptors (Lipinski definition) is 6. The predicted octanol–water partition coefficient (Wildman–Crippen LogP) is 4.30. The minimum atomic E-state index is -3.73. The topological polar surface area (TPSA) is 95.0 Å². The zero-order valence-corrected chi connectivity index (χ0v) is 20.4. The van der Waals surface area contributed by atoms with E-state index >= 15 is 0 Å². The van der Waals surface area contributed by atoms with Crippen molar-refractivity contribution in [3.05, 3.63) is 94.3 Å². The first-order valence-electron chi connectivity index (χ1n) is 10.2. The number of nitrogens with zero attached hydrogens (tertiary/aromatic N) is 2. The Labute approximate surface area is 201 Å². The summed E-state index contributed by atoms with van der Waals surface area (Å²) < 4.78 is 24.7. The van der Waals surface area contributed by atoms with Crippen LogP contribution in [0.15, 0.2) is 92.5 Å². The molecule has 1 heterocycles. The number of thioether (sulfide) groups is 2. The van der Waals surface area contributed by atoms with E-state index in [-0.39, 0.29) is 10.5 Å². The van der Waals surface area contributed by atoms with E-state index in [4.69, 9.17) is 10.1 Å². The lowest BCUT2D eigenvalue weighted by Crippen LogP contribution is -2.24. The maximum Gasteiger partial charge on any atom is 0.262 e. The standard InChI is InChI=1S/C24H23N3O3S3/c1-31-19-10-6-18(7-11-19)16-32-24-26-22-5-3-2-4-21(22)23(28)27(24)15-14-17-8-12-20(13-9-17)33(25,29)30/h2-13H,14-16H2,1H3,(H2,25,29,30). The summed E-state index contributed by atoms with van der Waals surface area (Å²) in [5.41, 5.74) is 2.66. The first-order chi connectivity index (χ1) is 15.8. The van der Waals surface area contributed by atoms with Crippen molar-refractivity contribution in [3.8, 4) is 0 Å². The molecule has 0 aliphatic heterocycles. The van der Waals surface area contributed by atoms with Crippen LogP contribution in [0.25, 0.3) is 10.9 Å². The van der Waals surface area contributed by atoms with Gasteiger partial charge in [-0.1, -0.05) is 48.2 Å². The molecule has 0 radical (unpaired) electrons. The number of nitrogens with two attached hydrogens (primary N) is 1. The van der Waals surface area contributed by atoms with Gasteiger partial charge in [-0.2, -0.15) is 0 Å². The number of hydrogen-bond donors (Lipinski definition) is 1. The SMILES string of the molecule is CSc1ccc(CSc2nc3ccccc3c(=O)n2CCc2ccc(S(N)(=O)=O)cc2)cc1. The summed E-state index contributed by atoms with van der Waals surface area (Å²) in [6.07, 6.45) is 2.60. The third kappa shape index (κ3) is 5.67. The molecule has 0 spiro atoms. The summed E-state index contributed by atoms with van der Waals surface area (Å²) in [6, 6.07) is 22.1. The Morgan fingerprint density at radius 2 is 1.61 bits per heavy atom. The molecule has 0 fully saturated rings. The van der Waals surface area contributed by atoms with Gasteiger partial charge in [-0.15, -0.1) is 11.8 Å². The van der Waals surface area contributed by atoms with Crippen LogP contribution in [0.1, 0.15) is 11.1 Å². The maximum absolute atomic E-state index is 13.3. The molecule has 0 bridgehead atoms. The fourth-order valence-corrected chi connectivity index (χ4v) is 5.32.